The summed E-state index contributed by atoms with van der Waals surface area (Å²) in [5.74, 6) is -0.988. The van der Waals surface area contributed by atoms with E-state index in [0.29, 0.717) is 5.56 Å². The van der Waals surface area contributed by atoms with Gasteiger partial charge in [-0.05, 0) is 48.4 Å². The summed E-state index contributed by atoms with van der Waals surface area (Å²) in [5, 5.41) is 2.76. The van der Waals surface area contributed by atoms with Gasteiger partial charge in [0.1, 0.15) is 5.82 Å². The Labute approximate surface area is 133 Å². The molecule has 0 unspecified atom stereocenters. The summed E-state index contributed by atoms with van der Waals surface area (Å²) in [6.45, 7) is 1.80. The largest absolute Gasteiger partial charge is 0.494 e. The topological polar surface area (TPSA) is 38.3 Å². The van der Waals surface area contributed by atoms with Gasteiger partial charge >= 0.3 is 0 Å². The second-order valence-corrected chi connectivity index (χ2v) is 5.01. The van der Waals surface area contributed by atoms with E-state index < -0.39 is 5.82 Å². The number of nitrogens with one attached hydrogen (secondary N) is 1. The van der Waals surface area contributed by atoms with Crippen LogP contribution < -0.4 is 10.1 Å². The third-order valence-electron chi connectivity index (χ3n) is 3.33. The van der Waals surface area contributed by atoms with E-state index in [2.05, 4.69) is 5.32 Å². The van der Waals surface area contributed by atoms with Crippen LogP contribution in [0.5, 0.6) is 5.75 Å². The van der Waals surface area contributed by atoms with Crippen LogP contribution in [-0.2, 0) is 4.79 Å². The molecule has 23 heavy (non-hydrogen) atoms. The van der Waals surface area contributed by atoms with E-state index in [-0.39, 0.29) is 23.5 Å². The number of rotatable bonds is 5. The molecule has 0 heterocycles. The maximum Gasteiger partial charge on any atom is 0.244 e. The van der Waals surface area contributed by atoms with Crippen molar-refractivity contribution in [2.45, 2.75) is 13.0 Å². The highest BCUT2D eigenvalue weighted by Gasteiger charge is 2.07. The third-order valence-corrected chi connectivity index (χ3v) is 3.33. The summed E-state index contributed by atoms with van der Waals surface area (Å²) in [6.07, 6.45) is 2.83. The van der Waals surface area contributed by atoms with Crippen molar-refractivity contribution < 1.29 is 18.3 Å². The van der Waals surface area contributed by atoms with Crippen LogP contribution in [0, 0.1) is 11.6 Å². The molecule has 0 aliphatic rings. The Morgan fingerprint density at radius 3 is 2.48 bits per heavy atom. The molecule has 1 atom stereocenters. The Bertz CT molecular complexity index is 711. The minimum Gasteiger partial charge on any atom is -0.494 e. The molecule has 0 aromatic heterocycles. The predicted molar refractivity (Wildman–Crippen MR) is 84.9 cm³/mol. The first kappa shape index (κ1) is 16.7. The molecule has 2 aromatic rings. The second-order valence-electron chi connectivity index (χ2n) is 5.01. The fourth-order valence-corrected chi connectivity index (χ4v) is 2.05. The summed E-state index contributed by atoms with van der Waals surface area (Å²) in [7, 11) is 1.39. The lowest BCUT2D eigenvalue weighted by atomic mass is 10.1. The van der Waals surface area contributed by atoms with Crippen LogP contribution in [0.25, 0.3) is 6.08 Å². The van der Waals surface area contributed by atoms with Crippen molar-refractivity contribution in [1.82, 2.24) is 5.32 Å². The predicted octanol–water partition coefficient (Wildman–Crippen LogP) is 3.86. The monoisotopic (exact) mass is 317 g/mol. The van der Waals surface area contributed by atoms with E-state index in [1.165, 1.54) is 43.5 Å². The Morgan fingerprint density at radius 2 is 1.87 bits per heavy atom. The maximum atomic E-state index is 13.5. The summed E-state index contributed by atoms with van der Waals surface area (Å²) in [4.78, 5) is 11.9. The van der Waals surface area contributed by atoms with E-state index in [0.717, 1.165) is 5.56 Å². The van der Waals surface area contributed by atoms with Crippen molar-refractivity contribution in [3.8, 4) is 5.75 Å². The minimum absolute atomic E-state index is 0.150. The van der Waals surface area contributed by atoms with E-state index in [1.54, 1.807) is 25.1 Å². The first-order valence-corrected chi connectivity index (χ1v) is 7.07. The number of methoxy groups -OCH3 is 1. The fraction of sp³-hybridized carbons (Fsp3) is 0.167. The number of carbonyl (C=O) groups is 1. The smallest absolute Gasteiger partial charge is 0.244 e. The fourth-order valence-electron chi connectivity index (χ4n) is 2.05. The number of carbonyl (C=O) groups excluding carboxylic acids is 1. The standard InChI is InChI=1S/C18H17F2NO2/c1-12(14-5-7-15(19)8-6-14)21-18(22)10-4-13-3-9-17(23-2)16(20)11-13/h3-12H,1-2H3,(H,21,22)/b10-4+/t12-/m0/s1. The number of amides is 1. The molecule has 0 fully saturated rings. The molecule has 1 N–H and O–H groups in total. The van der Waals surface area contributed by atoms with Crippen molar-refractivity contribution in [1.29, 1.82) is 0 Å². The third kappa shape index (κ3) is 4.64. The van der Waals surface area contributed by atoms with Gasteiger partial charge in [0.2, 0.25) is 5.91 Å². The average molecular weight is 317 g/mol. The molecular formula is C18H17F2NO2. The quantitative estimate of drug-likeness (QED) is 0.850. The maximum absolute atomic E-state index is 13.5. The van der Waals surface area contributed by atoms with Gasteiger partial charge in [0.05, 0.1) is 13.2 Å². The molecule has 0 aliphatic carbocycles. The first-order chi connectivity index (χ1) is 11.0. The lowest BCUT2D eigenvalue weighted by Gasteiger charge is -2.12. The average Bonchev–Trinajstić information content (AvgIpc) is 2.53. The van der Waals surface area contributed by atoms with Gasteiger partial charge < -0.3 is 10.1 Å². The molecule has 0 saturated heterocycles. The second kappa shape index (κ2) is 7.54. The highest BCUT2D eigenvalue weighted by molar-refractivity contribution is 5.92. The van der Waals surface area contributed by atoms with Gasteiger partial charge in [-0.15, -0.1) is 0 Å². The Kier molecular flexibility index (Phi) is 5.46. The molecule has 0 saturated carbocycles. The van der Waals surface area contributed by atoms with Crippen molar-refractivity contribution >= 4 is 12.0 Å². The molecule has 1 amide bonds. The van der Waals surface area contributed by atoms with Gasteiger partial charge in [-0.3, -0.25) is 4.79 Å². The van der Waals surface area contributed by atoms with Gasteiger partial charge in [0.25, 0.3) is 0 Å². The van der Waals surface area contributed by atoms with Crippen molar-refractivity contribution in [3.05, 3.63) is 71.3 Å². The van der Waals surface area contributed by atoms with Crippen LogP contribution in [0.4, 0.5) is 8.78 Å². The lowest BCUT2D eigenvalue weighted by molar-refractivity contribution is -0.117. The number of hydrogen-bond donors (Lipinski definition) is 1. The molecule has 0 bridgehead atoms. The Morgan fingerprint density at radius 1 is 1.17 bits per heavy atom. The molecule has 2 rings (SSSR count). The van der Waals surface area contributed by atoms with Crippen LogP contribution in [0.3, 0.4) is 0 Å². The first-order valence-electron chi connectivity index (χ1n) is 7.07. The molecule has 0 aliphatic heterocycles. The van der Waals surface area contributed by atoms with Crippen molar-refractivity contribution in [3.63, 3.8) is 0 Å². The number of benzene rings is 2. The lowest BCUT2D eigenvalue weighted by Crippen LogP contribution is -2.24. The van der Waals surface area contributed by atoms with E-state index >= 15 is 0 Å². The highest BCUT2D eigenvalue weighted by atomic mass is 19.1. The summed E-state index contributed by atoms with van der Waals surface area (Å²) < 4.78 is 31.2. The van der Waals surface area contributed by atoms with E-state index in [9.17, 15) is 13.6 Å². The number of halogens is 2. The minimum atomic E-state index is -0.491. The molecule has 2 aromatic carbocycles. The number of ether oxygens (including phenoxy) is 1. The van der Waals surface area contributed by atoms with Crippen LogP contribution >= 0.6 is 0 Å². The molecule has 0 spiro atoms. The van der Waals surface area contributed by atoms with Gasteiger partial charge in [-0.1, -0.05) is 18.2 Å². The van der Waals surface area contributed by atoms with Gasteiger partial charge in [0, 0.05) is 6.08 Å². The van der Waals surface area contributed by atoms with Crippen LogP contribution in [0.15, 0.2) is 48.5 Å². The van der Waals surface area contributed by atoms with Gasteiger partial charge in [-0.2, -0.15) is 0 Å². The van der Waals surface area contributed by atoms with Gasteiger partial charge in [-0.25, -0.2) is 8.78 Å². The molecule has 5 heteroatoms. The SMILES string of the molecule is COc1ccc(/C=C/C(=O)N[C@@H](C)c2ccc(F)cc2)cc1F. The summed E-state index contributed by atoms with van der Waals surface area (Å²) >= 11 is 0. The molecule has 0 radical (unpaired) electrons. The van der Waals surface area contributed by atoms with Crippen LogP contribution in [-0.4, -0.2) is 13.0 Å². The zero-order valence-corrected chi connectivity index (χ0v) is 12.8. The zero-order chi connectivity index (χ0) is 16.8. The van der Waals surface area contributed by atoms with Crippen molar-refractivity contribution in [2.75, 3.05) is 7.11 Å². The summed E-state index contributed by atoms with van der Waals surface area (Å²) in [5.41, 5.74) is 1.34. The Balaban J connectivity index is 1.98. The van der Waals surface area contributed by atoms with E-state index in [1.807, 2.05) is 0 Å². The van der Waals surface area contributed by atoms with Crippen molar-refractivity contribution in [2.24, 2.45) is 0 Å². The highest BCUT2D eigenvalue weighted by Crippen LogP contribution is 2.18. The molecular weight excluding hydrogens is 300 g/mol. The zero-order valence-electron chi connectivity index (χ0n) is 12.8. The Hall–Kier alpha value is -2.69. The van der Waals surface area contributed by atoms with Crippen LogP contribution in [0.2, 0.25) is 0 Å². The molecule has 3 nitrogen and oxygen atoms in total. The van der Waals surface area contributed by atoms with Gasteiger partial charge in [0.15, 0.2) is 11.6 Å². The summed E-state index contributed by atoms with van der Waals surface area (Å²) in [6, 6.07) is 10.1. The van der Waals surface area contributed by atoms with E-state index in [4.69, 9.17) is 4.74 Å². The molecule has 120 valence electrons. The number of hydrogen-bond acceptors (Lipinski definition) is 2. The van der Waals surface area contributed by atoms with Crippen LogP contribution in [0.1, 0.15) is 24.1 Å². The normalized spacial score (nSPS) is 12.2.